The molecule has 9 aromatic carbocycles. The van der Waals surface area contributed by atoms with Crippen LogP contribution in [0, 0.1) is 0 Å². The molecule has 9 aromatic rings. The van der Waals surface area contributed by atoms with Gasteiger partial charge in [0, 0.05) is 47.8 Å². The van der Waals surface area contributed by atoms with E-state index in [2.05, 4.69) is 0 Å². The number of hydrogen-bond acceptors (Lipinski definition) is 10. The van der Waals surface area contributed by atoms with Crippen LogP contribution in [-0.4, -0.2) is 0 Å². The molecule has 10 heteroatoms. The summed E-state index contributed by atoms with van der Waals surface area (Å²) >= 11 is 0. The van der Waals surface area contributed by atoms with E-state index in [0.29, 0.717) is 103 Å². The predicted molar refractivity (Wildman–Crippen MR) is 247 cm³/mol. The molecule has 0 bridgehead atoms. The SMILES string of the molecule is Nc1cccc(Oc2cccc(Oc3ccc(Oc4cccc(Oc5ccccc5Oc5cccc(Oc6ccc(Oc7cccc(Oc8cccc(N)c8)c7)cc6)c5)c4)cc3)c2)c1. The molecule has 64 heavy (non-hydrogen) atoms. The van der Waals surface area contributed by atoms with Crippen LogP contribution in [0.1, 0.15) is 0 Å². The van der Waals surface area contributed by atoms with Gasteiger partial charge in [0.2, 0.25) is 0 Å². The summed E-state index contributed by atoms with van der Waals surface area (Å²) in [6, 6.07) is 66.2. The zero-order valence-corrected chi connectivity index (χ0v) is 34.2. The third-order valence-corrected chi connectivity index (χ3v) is 9.30. The van der Waals surface area contributed by atoms with Crippen molar-refractivity contribution in [1.29, 1.82) is 0 Å². The molecule has 0 saturated carbocycles. The van der Waals surface area contributed by atoms with Crippen molar-refractivity contribution in [3.63, 3.8) is 0 Å². The molecular formula is C54H40N2O8. The van der Waals surface area contributed by atoms with E-state index in [1.54, 1.807) is 12.1 Å². The van der Waals surface area contributed by atoms with E-state index in [-0.39, 0.29) is 0 Å². The minimum Gasteiger partial charge on any atom is -0.457 e. The largest absolute Gasteiger partial charge is 0.457 e. The Balaban J connectivity index is 0.789. The van der Waals surface area contributed by atoms with Gasteiger partial charge in [-0.25, -0.2) is 0 Å². The molecule has 0 saturated heterocycles. The first-order chi connectivity index (χ1) is 31.4. The fraction of sp³-hybridized carbons (Fsp3) is 0. The lowest BCUT2D eigenvalue weighted by molar-refractivity contribution is 0.412. The zero-order valence-electron chi connectivity index (χ0n) is 34.2. The summed E-state index contributed by atoms with van der Waals surface area (Å²) in [7, 11) is 0. The Hall–Kier alpha value is -9.02. The average Bonchev–Trinajstić information content (AvgIpc) is 3.29. The lowest BCUT2D eigenvalue weighted by Crippen LogP contribution is -1.92. The molecule has 9 rings (SSSR count). The van der Waals surface area contributed by atoms with E-state index in [9.17, 15) is 0 Å². The lowest BCUT2D eigenvalue weighted by Gasteiger charge is -2.14. The van der Waals surface area contributed by atoms with Gasteiger partial charge in [-0.1, -0.05) is 48.5 Å². The molecule has 0 heterocycles. The summed E-state index contributed by atoms with van der Waals surface area (Å²) in [5.41, 5.74) is 13.0. The smallest absolute Gasteiger partial charge is 0.169 e. The number of para-hydroxylation sites is 2. The van der Waals surface area contributed by atoms with Crippen molar-refractivity contribution in [3.05, 3.63) is 218 Å². The maximum Gasteiger partial charge on any atom is 0.169 e. The molecule has 0 aromatic heterocycles. The molecule has 4 N–H and O–H groups in total. The fourth-order valence-electron chi connectivity index (χ4n) is 6.40. The van der Waals surface area contributed by atoms with Gasteiger partial charge < -0.3 is 49.4 Å². The number of benzene rings is 9. The second-order valence-electron chi connectivity index (χ2n) is 14.3. The van der Waals surface area contributed by atoms with Gasteiger partial charge in [-0.3, -0.25) is 0 Å². The van der Waals surface area contributed by atoms with E-state index in [1.165, 1.54) is 0 Å². The van der Waals surface area contributed by atoms with Crippen LogP contribution in [0.2, 0.25) is 0 Å². The summed E-state index contributed by atoms with van der Waals surface area (Å²) in [5.74, 6) is 9.69. The zero-order chi connectivity index (χ0) is 43.5. The molecule has 0 unspecified atom stereocenters. The van der Waals surface area contributed by atoms with Crippen LogP contribution in [0.25, 0.3) is 0 Å². The molecule has 0 spiro atoms. The van der Waals surface area contributed by atoms with Gasteiger partial charge in [0.15, 0.2) is 11.5 Å². The Morgan fingerprint density at radius 1 is 0.188 bits per heavy atom. The predicted octanol–water partition coefficient (Wildman–Crippen LogP) is 15.2. The quantitative estimate of drug-likeness (QED) is 0.0908. The van der Waals surface area contributed by atoms with Crippen molar-refractivity contribution in [2.45, 2.75) is 0 Å². The Kier molecular flexibility index (Phi) is 12.1. The fourth-order valence-corrected chi connectivity index (χ4v) is 6.40. The lowest BCUT2D eigenvalue weighted by atomic mass is 10.2. The molecule has 10 nitrogen and oxygen atoms in total. The number of anilines is 2. The highest BCUT2D eigenvalue weighted by molar-refractivity contribution is 5.50. The van der Waals surface area contributed by atoms with E-state index in [4.69, 9.17) is 49.4 Å². The number of hydrogen-bond donors (Lipinski definition) is 2. The van der Waals surface area contributed by atoms with Gasteiger partial charge in [-0.2, -0.15) is 0 Å². The van der Waals surface area contributed by atoms with Gasteiger partial charge in [-0.15, -0.1) is 0 Å². The van der Waals surface area contributed by atoms with Crippen molar-refractivity contribution in [3.8, 4) is 92.0 Å². The van der Waals surface area contributed by atoms with Crippen molar-refractivity contribution in [2.24, 2.45) is 0 Å². The van der Waals surface area contributed by atoms with E-state index in [1.807, 2.05) is 206 Å². The van der Waals surface area contributed by atoms with Crippen LogP contribution in [0.15, 0.2) is 218 Å². The molecule has 0 aliphatic rings. The summed E-state index contributed by atoms with van der Waals surface area (Å²) in [6.07, 6.45) is 0. The highest BCUT2D eigenvalue weighted by atomic mass is 16.5. The van der Waals surface area contributed by atoms with Crippen LogP contribution >= 0.6 is 0 Å². The topological polar surface area (TPSA) is 126 Å². The molecular weight excluding hydrogens is 805 g/mol. The van der Waals surface area contributed by atoms with Crippen molar-refractivity contribution in [2.75, 3.05) is 11.5 Å². The van der Waals surface area contributed by atoms with E-state index < -0.39 is 0 Å². The summed E-state index contributed by atoms with van der Waals surface area (Å²) in [6.45, 7) is 0. The standard InChI is InChI=1S/C54H40N2O8/c55-37-9-3-11-43(31-37)61-49-17-5-13-45(33-49)57-39-23-27-41(28-24-39)59-47-15-7-19-51(35-47)63-53-21-1-2-22-54(53)64-52-20-8-16-48(36-52)60-42-29-25-40(26-30-42)58-46-14-6-18-50(34-46)62-44-12-4-10-38(56)32-44/h1-36H,55-56H2. The van der Waals surface area contributed by atoms with E-state index in [0.717, 1.165) is 0 Å². The minimum absolute atomic E-state index is 0.521. The first-order valence-electron chi connectivity index (χ1n) is 20.2. The van der Waals surface area contributed by atoms with Crippen LogP contribution in [-0.2, 0) is 0 Å². The number of nitrogen functional groups attached to an aromatic ring is 2. The van der Waals surface area contributed by atoms with Crippen LogP contribution in [0.3, 0.4) is 0 Å². The van der Waals surface area contributed by atoms with Gasteiger partial charge >= 0.3 is 0 Å². The number of nitrogens with two attached hydrogens (primary N) is 2. The van der Waals surface area contributed by atoms with Crippen LogP contribution < -0.4 is 49.4 Å². The second kappa shape index (κ2) is 19.1. The molecule has 0 aliphatic heterocycles. The van der Waals surface area contributed by atoms with Crippen LogP contribution in [0.4, 0.5) is 11.4 Å². The minimum atomic E-state index is 0.521. The van der Waals surface area contributed by atoms with Gasteiger partial charge in [0.1, 0.15) is 80.5 Å². The molecule has 0 atom stereocenters. The summed E-state index contributed by atoms with van der Waals surface area (Å²) in [5, 5.41) is 0. The molecule has 0 radical (unpaired) electrons. The molecule has 0 aliphatic carbocycles. The first kappa shape index (κ1) is 40.4. The first-order valence-corrected chi connectivity index (χ1v) is 20.2. The second-order valence-corrected chi connectivity index (χ2v) is 14.3. The Morgan fingerprint density at radius 3 is 0.672 bits per heavy atom. The Bertz CT molecular complexity index is 2790. The van der Waals surface area contributed by atoms with Crippen molar-refractivity contribution >= 4 is 11.4 Å². The molecule has 0 amide bonds. The van der Waals surface area contributed by atoms with Gasteiger partial charge in [0.25, 0.3) is 0 Å². The molecule has 0 fully saturated rings. The van der Waals surface area contributed by atoms with Gasteiger partial charge in [0.05, 0.1) is 0 Å². The highest BCUT2D eigenvalue weighted by Crippen LogP contribution is 2.38. The third-order valence-electron chi connectivity index (χ3n) is 9.30. The number of ether oxygens (including phenoxy) is 8. The van der Waals surface area contributed by atoms with Crippen molar-refractivity contribution in [1.82, 2.24) is 0 Å². The number of rotatable bonds is 16. The normalized spacial score (nSPS) is 10.6. The monoisotopic (exact) mass is 844 g/mol. The van der Waals surface area contributed by atoms with Gasteiger partial charge in [-0.05, 0) is 133 Å². The maximum absolute atomic E-state index is 6.32. The van der Waals surface area contributed by atoms with Crippen LogP contribution in [0.5, 0.6) is 92.0 Å². The van der Waals surface area contributed by atoms with E-state index >= 15 is 0 Å². The molecule has 314 valence electrons. The maximum atomic E-state index is 6.32. The average molecular weight is 845 g/mol. The third kappa shape index (κ3) is 11.0. The highest BCUT2D eigenvalue weighted by Gasteiger charge is 2.11. The Labute approximate surface area is 369 Å². The Morgan fingerprint density at radius 2 is 0.406 bits per heavy atom. The van der Waals surface area contributed by atoms with Crippen molar-refractivity contribution < 1.29 is 37.9 Å². The summed E-state index contributed by atoms with van der Waals surface area (Å²) in [4.78, 5) is 0. The summed E-state index contributed by atoms with van der Waals surface area (Å²) < 4.78 is 49.1.